The van der Waals surface area contributed by atoms with Gasteiger partial charge in [-0.15, -0.1) is 0 Å². The molecule has 8 heteroatoms. The second-order valence-corrected chi connectivity index (χ2v) is 6.97. The number of halogens is 2. The Balaban J connectivity index is 1.86. The minimum Gasteiger partial charge on any atom is -0.341 e. The van der Waals surface area contributed by atoms with Gasteiger partial charge in [-0.25, -0.2) is 9.18 Å². The van der Waals surface area contributed by atoms with E-state index in [0.717, 1.165) is 4.90 Å². The number of amides is 4. The zero-order valence-corrected chi connectivity index (χ0v) is 15.2. The van der Waals surface area contributed by atoms with Crippen LogP contribution in [0.4, 0.5) is 9.18 Å². The third-order valence-electron chi connectivity index (χ3n) is 4.10. The Hall–Kier alpha value is -2.15. The Kier molecular flexibility index (Phi) is 5.67. The number of urea groups is 1. The molecular weight excluding hydrogens is 349 g/mol. The molecule has 0 bridgehead atoms. The molecule has 0 spiro atoms. The zero-order chi connectivity index (χ0) is 18.8. The maximum absolute atomic E-state index is 13.8. The lowest BCUT2D eigenvalue weighted by atomic mass is 10.1. The van der Waals surface area contributed by atoms with Gasteiger partial charge >= 0.3 is 6.03 Å². The first-order valence-electron chi connectivity index (χ1n) is 7.94. The van der Waals surface area contributed by atoms with E-state index in [1.54, 1.807) is 27.0 Å². The molecule has 1 aliphatic rings. The van der Waals surface area contributed by atoms with Gasteiger partial charge in [0.15, 0.2) is 0 Å². The SMILES string of the molecule is CN(Cc1c(F)cccc1Cl)C(=O)CCCN1C(=O)NC(C)(C)C1=O. The van der Waals surface area contributed by atoms with E-state index < -0.39 is 17.4 Å². The lowest BCUT2D eigenvalue weighted by Crippen LogP contribution is -2.40. The van der Waals surface area contributed by atoms with Crippen LogP contribution in [0.1, 0.15) is 32.3 Å². The van der Waals surface area contributed by atoms with E-state index in [4.69, 9.17) is 11.6 Å². The van der Waals surface area contributed by atoms with Crippen molar-refractivity contribution in [2.75, 3.05) is 13.6 Å². The van der Waals surface area contributed by atoms with Crippen LogP contribution in [0.15, 0.2) is 18.2 Å². The van der Waals surface area contributed by atoms with Crippen LogP contribution in [-0.2, 0) is 16.1 Å². The molecule has 1 aromatic carbocycles. The summed E-state index contributed by atoms with van der Waals surface area (Å²) in [6, 6.07) is 3.91. The van der Waals surface area contributed by atoms with E-state index in [2.05, 4.69) is 5.32 Å². The van der Waals surface area contributed by atoms with Crippen LogP contribution >= 0.6 is 11.6 Å². The summed E-state index contributed by atoms with van der Waals surface area (Å²) in [5.41, 5.74) is -0.657. The number of rotatable bonds is 6. The molecule has 1 N–H and O–H groups in total. The maximum atomic E-state index is 13.8. The Morgan fingerprint density at radius 3 is 2.60 bits per heavy atom. The molecule has 0 radical (unpaired) electrons. The van der Waals surface area contributed by atoms with Crippen molar-refractivity contribution in [2.45, 2.75) is 38.8 Å². The van der Waals surface area contributed by atoms with Crippen LogP contribution < -0.4 is 5.32 Å². The van der Waals surface area contributed by atoms with Crippen molar-refractivity contribution < 1.29 is 18.8 Å². The maximum Gasteiger partial charge on any atom is 0.325 e. The van der Waals surface area contributed by atoms with E-state index in [0.29, 0.717) is 6.42 Å². The summed E-state index contributed by atoms with van der Waals surface area (Å²) in [7, 11) is 1.56. The molecule has 1 heterocycles. The fourth-order valence-electron chi connectivity index (χ4n) is 2.61. The Morgan fingerprint density at radius 1 is 1.36 bits per heavy atom. The van der Waals surface area contributed by atoms with Crippen molar-refractivity contribution >= 4 is 29.4 Å². The number of hydrogen-bond donors (Lipinski definition) is 1. The van der Waals surface area contributed by atoms with Gasteiger partial charge in [0.1, 0.15) is 11.4 Å². The van der Waals surface area contributed by atoms with Crippen LogP contribution in [0, 0.1) is 5.82 Å². The molecule has 2 rings (SSSR count). The average Bonchev–Trinajstić information content (AvgIpc) is 2.72. The third-order valence-corrected chi connectivity index (χ3v) is 4.45. The first-order valence-corrected chi connectivity index (χ1v) is 8.32. The zero-order valence-electron chi connectivity index (χ0n) is 14.4. The number of hydrogen-bond acceptors (Lipinski definition) is 3. The summed E-state index contributed by atoms with van der Waals surface area (Å²) in [6.07, 6.45) is 0.476. The molecule has 136 valence electrons. The molecule has 0 atom stereocenters. The van der Waals surface area contributed by atoms with Gasteiger partial charge in [-0.3, -0.25) is 14.5 Å². The number of nitrogens with one attached hydrogen (secondary N) is 1. The highest BCUT2D eigenvalue weighted by Crippen LogP contribution is 2.21. The first kappa shape index (κ1) is 19.2. The van der Waals surface area contributed by atoms with E-state index in [-0.39, 0.29) is 41.9 Å². The summed E-state index contributed by atoms with van der Waals surface area (Å²) >= 11 is 5.96. The summed E-state index contributed by atoms with van der Waals surface area (Å²) in [4.78, 5) is 38.5. The molecule has 1 saturated heterocycles. The molecule has 0 aromatic heterocycles. The standard InChI is InChI=1S/C17H21ClFN3O3/c1-17(2)15(24)22(16(25)20-17)9-5-8-14(23)21(3)10-11-12(18)6-4-7-13(11)19/h4,6-7H,5,8-10H2,1-3H3,(H,20,25). The topological polar surface area (TPSA) is 69.7 Å². The predicted octanol–water partition coefficient (Wildman–Crippen LogP) is 2.55. The van der Waals surface area contributed by atoms with E-state index in [9.17, 15) is 18.8 Å². The van der Waals surface area contributed by atoms with Crippen molar-refractivity contribution in [3.8, 4) is 0 Å². The average molecular weight is 370 g/mol. The minimum atomic E-state index is -0.917. The third kappa shape index (κ3) is 4.28. The molecule has 1 aromatic rings. The number of benzene rings is 1. The summed E-state index contributed by atoms with van der Waals surface area (Å²) in [5.74, 6) is -0.990. The second-order valence-electron chi connectivity index (χ2n) is 6.57. The molecule has 0 unspecified atom stereocenters. The number of imide groups is 1. The van der Waals surface area contributed by atoms with Crippen molar-refractivity contribution in [3.05, 3.63) is 34.6 Å². The van der Waals surface area contributed by atoms with Gasteiger partial charge in [-0.05, 0) is 32.4 Å². The van der Waals surface area contributed by atoms with Gasteiger partial charge in [-0.2, -0.15) is 0 Å². The monoisotopic (exact) mass is 369 g/mol. The van der Waals surface area contributed by atoms with Gasteiger partial charge in [0, 0.05) is 37.1 Å². The summed E-state index contributed by atoms with van der Waals surface area (Å²) < 4.78 is 13.8. The van der Waals surface area contributed by atoms with Crippen LogP contribution in [0.3, 0.4) is 0 Å². The quantitative estimate of drug-likeness (QED) is 0.783. The van der Waals surface area contributed by atoms with Gasteiger partial charge in [-0.1, -0.05) is 17.7 Å². The van der Waals surface area contributed by atoms with Gasteiger partial charge in [0.05, 0.1) is 0 Å². The highest BCUT2D eigenvalue weighted by molar-refractivity contribution is 6.31. The molecule has 4 amide bonds. The van der Waals surface area contributed by atoms with Crippen LogP contribution in [0.5, 0.6) is 0 Å². The van der Waals surface area contributed by atoms with Crippen molar-refractivity contribution in [3.63, 3.8) is 0 Å². The van der Waals surface area contributed by atoms with Crippen LogP contribution in [-0.4, -0.2) is 46.8 Å². The summed E-state index contributed by atoms with van der Waals surface area (Å²) in [5, 5.41) is 2.85. The fraction of sp³-hybridized carbons (Fsp3) is 0.471. The highest BCUT2D eigenvalue weighted by Gasteiger charge is 2.43. The van der Waals surface area contributed by atoms with Crippen LogP contribution in [0.2, 0.25) is 5.02 Å². The van der Waals surface area contributed by atoms with Gasteiger partial charge in [0.25, 0.3) is 5.91 Å². The smallest absolute Gasteiger partial charge is 0.325 e. The van der Waals surface area contributed by atoms with Crippen molar-refractivity contribution in [1.29, 1.82) is 0 Å². The molecule has 0 aliphatic carbocycles. The van der Waals surface area contributed by atoms with Crippen molar-refractivity contribution in [1.82, 2.24) is 15.1 Å². The largest absolute Gasteiger partial charge is 0.341 e. The van der Waals surface area contributed by atoms with E-state index in [1.807, 2.05) is 0 Å². The number of carbonyl (C=O) groups excluding carboxylic acids is 3. The first-order chi connectivity index (χ1) is 11.6. The lowest BCUT2D eigenvalue weighted by molar-refractivity contribution is -0.132. The Morgan fingerprint density at radius 2 is 2.04 bits per heavy atom. The van der Waals surface area contributed by atoms with E-state index in [1.165, 1.54) is 17.0 Å². The summed E-state index contributed by atoms with van der Waals surface area (Å²) in [6.45, 7) is 3.48. The molecule has 1 aliphatic heterocycles. The van der Waals surface area contributed by atoms with Crippen molar-refractivity contribution in [2.24, 2.45) is 0 Å². The Labute approximate surface area is 150 Å². The Bertz CT molecular complexity index is 688. The molecule has 1 fully saturated rings. The molecule has 6 nitrogen and oxygen atoms in total. The van der Waals surface area contributed by atoms with Gasteiger partial charge in [0.2, 0.25) is 5.91 Å². The highest BCUT2D eigenvalue weighted by atomic mass is 35.5. The van der Waals surface area contributed by atoms with Crippen LogP contribution in [0.25, 0.3) is 0 Å². The predicted molar refractivity (Wildman–Crippen MR) is 91.4 cm³/mol. The molecule has 25 heavy (non-hydrogen) atoms. The van der Waals surface area contributed by atoms with Gasteiger partial charge < -0.3 is 10.2 Å². The normalized spacial score (nSPS) is 16.1. The minimum absolute atomic E-state index is 0.0561. The molecular formula is C17H21ClFN3O3. The van der Waals surface area contributed by atoms with E-state index >= 15 is 0 Å². The molecule has 0 saturated carbocycles. The second kappa shape index (κ2) is 7.39. The number of carbonyl (C=O) groups is 3. The number of nitrogens with zero attached hydrogens (tertiary/aromatic N) is 2. The fourth-order valence-corrected chi connectivity index (χ4v) is 2.83. The lowest BCUT2D eigenvalue weighted by Gasteiger charge is -2.19.